The Labute approximate surface area is 217 Å². The molecule has 7 heteroatoms. The zero-order valence-electron chi connectivity index (χ0n) is 19.6. The number of hydrogen-bond acceptors (Lipinski definition) is 5. The molecule has 0 saturated carbocycles. The minimum absolute atomic E-state index is 0.511. The van der Waals surface area contributed by atoms with Crippen LogP contribution >= 0.6 is 22.9 Å². The Morgan fingerprint density at radius 3 is 2.61 bits per heavy atom. The van der Waals surface area contributed by atoms with E-state index in [1.54, 1.807) is 31.0 Å². The molecule has 178 valence electrons. The van der Waals surface area contributed by atoms with Gasteiger partial charge in [0, 0.05) is 33.1 Å². The summed E-state index contributed by atoms with van der Waals surface area (Å²) in [5.41, 5.74) is 2.60. The van der Waals surface area contributed by atoms with Gasteiger partial charge in [-0.3, -0.25) is 0 Å². The maximum atomic E-state index is 12.5. The van der Waals surface area contributed by atoms with Crippen molar-refractivity contribution in [2.24, 2.45) is 7.05 Å². The summed E-state index contributed by atoms with van der Waals surface area (Å²) < 4.78 is 8.46. The topological polar surface area (TPSA) is 60.2 Å². The van der Waals surface area contributed by atoms with Crippen LogP contribution in [0.5, 0.6) is 5.88 Å². The monoisotopic (exact) mass is 511 g/mol. The maximum absolute atomic E-state index is 12.5. The Morgan fingerprint density at radius 1 is 1.00 bits per heavy atom. The Kier molecular flexibility index (Phi) is 5.52. The first-order valence-corrected chi connectivity index (χ1v) is 12.6. The van der Waals surface area contributed by atoms with E-state index in [0.29, 0.717) is 16.6 Å². The highest BCUT2D eigenvalue weighted by atomic mass is 35.5. The molecule has 1 atom stereocenters. The minimum atomic E-state index is -1.42. The number of benzene rings is 3. The van der Waals surface area contributed by atoms with Gasteiger partial charge in [-0.2, -0.15) is 0 Å². The van der Waals surface area contributed by atoms with Crippen LogP contribution in [0, 0.1) is 0 Å². The third-order valence-electron chi connectivity index (χ3n) is 6.52. The van der Waals surface area contributed by atoms with Crippen LogP contribution < -0.4 is 4.74 Å². The number of aromatic nitrogens is 3. The molecular weight excluding hydrogens is 490 g/mol. The predicted octanol–water partition coefficient (Wildman–Crippen LogP) is 6.80. The molecule has 5 nitrogen and oxygen atoms in total. The van der Waals surface area contributed by atoms with Crippen LogP contribution in [0.3, 0.4) is 0 Å². The van der Waals surface area contributed by atoms with Gasteiger partial charge in [-0.1, -0.05) is 48.0 Å². The zero-order chi connectivity index (χ0) is 24.9. The number of pyridine rings is 1. The van der Waals surface area contributed by atoms with Crippen molar-refractivity contribution in [1.82, 2.24) is 14.5 Å². The molecule has 0 aliphatic heterocycles. The third kappa shape index (κ3) is 3.66. The molecule has 0 saturated heterocycles. The van der Waals surface area contributed by atoms with Crippen molar-refractivity contribution in [2.75, 3.05) is 7.11 Å². The van der Waals surface area contributed by atoms with E-state index in [4.69, 9.17) is 16.3 Å². The molecule has 1 N–H and O–H groups in total. The van der Waals surface area contributed by atoms with Crippen molar-refractivity contribution in [3.8, 4) is 17.0 Å². The summed E-state index contributed by atoms with van der Waals surface area (Å²) in [4.78, 5) is 9.80. The van der Waals surface area contributed by atoms with Crippen LogP contribution in [-0.2, 0) is 12.6 Å². The second-order valence-corrected chi connectivity index (χ2v) is 10.2. The summed E-state index contributed by atoms with van der Waals surface area (Å²) >= 11 is 7.91. The first-order valence-electron chi connectivity index (χ1n) is 11.4. The molecule has 1 unspecified atom stereocenters. The fraction of sp³-hybridized carbons (Fsp3) is 0.103. The lowest BCUT2D eigenvalue weighted by atomic mass is 9.86. The molecule has 0 radical (unpaired) electrons. The van der Waals surface area contributed by atoms with E-state index < -0.39 is 5.60 Å². The molecule has 0 aliphatic rings. The highest BCUT2D eigenvalue weighted by Gasteiger charge is 2.38. The largest absolute Gasteiger partial charge is 0.481 e. The van der Waals surface area contributed by atoms with E-state index in [1.165, 1.54) is 0 Å². The lowest BCUT2D eigenvalue weighted by Crippen LogP contribution is -2.30. The summed E-state index contributed by atoms with van der Waals surface area (Å²) in [5.74, 6) is 0.511. The number of halogens is 1. The normalized spacial score (nSPS) is 13.2. The first kappa shape index (κ1) is 22.7. The second-order valence-electron chi connectivity index (χ2n) is 8.70. The van der Waals surface area contributed by atoms with Crippen molar-refractivity contribution in [1.29, 1.82) is 0 Å². The minimum Gasteiger partial charge on any atom is -0.481 e. The average Bonchev–Trinajstić information content (AvgIpc) is 3.54. The van der Waals surface area contributed by atoms with E-state index in [0.717, 1.165) is 42.6 Å². The van der Waals surface area contributed by atoms with Crippen molar-refractivity contribution >= 4 is 43.9 Å². The van der Waals surface area contributed by atoms with Crippen LogP contribution in [0.4, 0.5) is 0 Å². The third-order valence-corrected chi connectivity index (χ3v) is 7.98. The SMILES string of the molecule is COc1cc(-c2cccc(Cl)c2)c2cc(C(O)(c3cc4ccccc4s3)c3cncn3C)ccc2n1. The molecule has 0 bridgehead atoms. The van der Waals surface area contributed by atoms with Crippen molar-refractivity contribution in [2.45, 2.75) is 5.60 Å². The highest BCUT2D eigenvalue weighted by Crippen LogP contribution is 2.44. The molecule has 3 heterocycles. The molecular formula is C29H22ClN3O2S. The lowest BCUT2D eigenvalue weighted by Gasteiger charge is -2.28. The standard InChI is InChI=1S/C29H22ClN3O2S/c1-33-17-31-16-26(33)29(34,27-13-19-6-3-4-9-25(19)36-27)20-10-11-24-23(14-20)22(15-28(32-24)35-2)18-7-5-8-21(30)12-18/h3-17,34H,1-2H3. The van der Waals surface area contributed by atoms with Crippen molar-refractivity contribution in [3.05, 3.63) is 113 Å². The maximum Gasteiger partial charge on any atom is 0.214 e. The van der Waals surface area contributed by atoms with Gasteiger partial charge in [0.1, 0.15) is 0 Å². The van der Waals surface area contributed by atoms with E-state index >= 15 is 0 Å². The van der Waals surface area contributed by atoms with Crippen LogP contribution in [0.15, 0.2) is 91.4 Å². The van der Waals surface area contributed by atoms with Gasteiger partial charge in [0.25, 0.3) is 0 Å². The molecule has 3 aromatic carbocycles. The summed E-state index contributed by atoms with van der Waals surface area (Å²) in [6, 6.07) is 25.7. The van der Waals surface area contributed by atoms with Crippen molar-refractivity contribution in [3.63, 3.8) is 0 Å². The summed E-state index contributed by atoms with van der Waals surface area (Å²) in [6.45, 7) is 0. The van der Waals surface area contributed by atoms with Crippen LogP contribution in [0.1, 0.15) is 16.1 Å². The second kappa shape index (κ2) is 8.75. The van der Waals surface area contributed by atoms with Crippen LogP contribution in [-0.4, -0.2) is 26.8 Å². The van der Waals surface area contributed by atoms with Gasteiger partial charge in [-0.05, 0) is 58.5 Å². The molecule has 0 spiro atoms. The van der Waals surface area contributed by atoms with Gasteiger partial charge in [0.15, 0.2) is 5.60 Å². The number of aliphatic hydroxyl groups is 1. The number of methoxy groups -OCH3 is 1. The Balaban J connectivity index is 1.64. The lowest BCUT2D eigenvalue weighted by molar-refractivity contribution is 0.121. The summed E-state index contributed by atoms with van der Waals surface area (Å²) in [7, 11) is 3.50. The Hall–Kier alpha value is -3.71. The van der Waals surface area contributed by atoms with Gasteiger partial charge in [-0.15, -0.1) is 11.3 Å². The van der Waals surface area contributed by atoms with Crippen molar-refractivity contribution < 1.29 is 9.84 Å². The fourth-order valence-corrected chi connectivity index (χ4v) is 6.08. The fourth-order valence-electron chi connectivity index (χ4n) is 4.71. The van der Waals surface area contributed by atoms with Gasteiger partial charge < -0.3 is 14.4 Å². The quantitative estimate of drug-likeness (QED) is 0.276. The summed E-state index contributed by atoms with van der Waals surface area (Å²) in [5, 5.41) is 15.2. The van der Waals surface area contributed by atoms with E-state index in [1.807, 2.05) is 72.3 Å². The Bertz CT molecular complexity index is 1710. The average molecular weight is 512 g/mol. The van der Waals surface area contributed by atoms with Crippen LogP contribution in [0.25, 0.3) is 32.1 Å². The number of aryl methyl sites for hydroxylation is 1. The van der Waals surface area contributed by atoms with Gasteiger partial charge >= 0.3 is 0 Å². The summed E-state index contributed by atoms with van der Waals surface area (Å²) in [6.07, 6.45) is 3.43. The molecule has 0 fully saturated rings. The van der Waals surface area contributed by atoms with Gasteiger partial charge in [0.2, 0.25) is 5.88 Å². The van der Waals surface area contributed by atoms with E-state index in [-0.39, 0.29) is 0 Å². The number of ether oxygens (including phenoxy) is 1. The molecule has 6 rings (SSSR count). The number of thiophene rings is 1. The smallest absolute Gasteiger partial charge is 0.214 e. The number of fused-ring (bicyclic) bond motifs is 2. The number of nitrogens with zero attached hydrogens (tertiary/aromatic N) is 3. The molecule has 36 heavy (non-hydrogen) atoms. The predicted molar refractivity (Wildman–Crippen MR) is 146 cm³/mol. The van der Waals surface area contributed by atoms with Gasteiger partial charge in [-0.25, -0.2) is 9.97 Å². The van der Waals surface area contributed by atoms with E-state index in [2.05, 4.69) is 28.2 Å². The van der Waals surface area contributed by atoms with E-state index in [9.17, 15) is 5.11 Å². The number of rotatable bonds is 5. The van der Waals surface area contributed by atoms with Crippen LogP contribution in [0.2, 0.25) is 5.02 Å². The molecule has 3 aromatic heterocycles. The first-order chi connectivity index (χ1) is 17.5. The molecule has 0 amide bonds. The molecule has 6 aromatic rings. The zero-order valence-corrected chi connectivity index (χ0v) is 21.2. The molecule has 0 aliphatic carbocycles. The van der Waals surface area contributed by atoms with Gasteiger partial charge in [0.05, 0.1) is 30.8 Å². The highest BCUT2D eigenvalue weighted by molar-refractivity contribution is 7.19. The number of hydrogen-bond donors (Lipinski definition) is 1. The Morgan fingerprint density at radius 2 is 1.86 bits per heavy atom. The number of imidazole rings is 1.